The maximum absolute atomic E-state index is 12.6. The normalized spacial score (nSPS) is 27.9. The Morgan fingerprint density at radius 1 is 0.914 bits per heavy atom. The van der Waals surface area contributed by atoms with Crippen LogP contribution in [0.1, 0.15) is 37.2 Å². The second-order valence-electron chi connectivity index (χ2n) is 8.49. The van der Waals surface area contributed by atoms with Crippen molar-refractivity contribution in [2.75, 3.05) is 26.1 Å². The predicted molar refractivity (Wildman–Crippen MR) is 133 cm³/mol. The third kappa shape index (κ3) is 6.84. The molecule has 2 aliphatic heterocycles. The molecule has 2 aliphatic rings. The first kappa shape index (κ1) is 26.1. The number of ether oxygens (including phenoxy) is 6. The first-order chi connectivity index (χ1) is 17.2. The standard InChI is InChI=1S/C27H34O7S/c1-3-4-15-30-24-22-21(32-26(33-22)20-13-9-6-10-14-20)23(25(28)29-2)34-27(24)31-16-17-35-18-19-11-7-5-8-12-19/h5-14,21-24,26-27H,3-4,15-18H2,1-2H3/t21-,22?,23?,24+,26+,27+/m1/s1. The fraction of sp³-hybridized carbons (Fsp3) is 0.519. The van der Waals surface area contributed by atoms with Crippen LogP contribution in [-0.2, 0) is 39.0 Å². The molecule has 7 nitrogen and oxygen atoms in total. The lowest BCUT2D eigenvalue weighted by Gasteiger charge is -2.40. The Labute approximate surface area is 211 Å². The molecule has 2 heterocycles. The molecule has 8 heteroatoms. The summed E-state index contributed by atoms with van der Waals surface area (Å²) in [5.41, 5.74) is 2.14. The Morgan fingerprint density at radius 3 is 2.34 bits per heavy atom. The SMILES string of the molecule is CCCCO[C@H]1C2O[C@@H](c3ccccc3)O[C@H]2C(C(=O)OC)O[C@@H]1OCCSCc1ccccc1. The summed E-state index contributed by atoms with van der Waals surface area (Å²) in [5.74, 6) is 1.16. The van der Waals surface area contributed by atoms with Gasteiger partial charge in [0.2, 0.25) is 0 Å². The highest BCUT2D eigenvalue weighted by Crippen LogP contribution is 2.40. The van der Waals surface area contributed by atoms with Crippen molar-refractivity contribution in [1.82, 2.24) is 0 Å². The van der Waals surface area contributed by atoms with E-state index in [9.17, 15) is 4.79 Å². The molecule has 0 bridgehead atoms. The maximum Gasteiger partial charge on any atom is 0.337 e. The Morgan fingerprint density at radius 2 is 1.63 bits per heavy atom. The fourth-order valence-electron chi connectivity index (χ4n) is 4.17. The number of unbranched alkanes of at least 4 members (excludes halogenated alkanes) is 1. The van der Waals surface area contributed by atoms with Gasteiger partial charge in [-0.1, -0.05) is 74.0 Å². The van der Waals surface area contributed by atoms with Crippen molar-refractivity contribution in [3.8, 4) is 0 Å². The number of rotatable bonds is 12. The first-order valence-electron chi connectivity index (χ1n) is 12.1. The van der Waals surface area contributed by atoms with Crippen molar-refractivity contribution in [3.05, 3.63) is 71.8 Å². The van der Waals surface area contributed by atoms with E-state index < -0.39 is 43.0 Å². The number of thioether (sulfide) groups is 1. The van der Waals surface area contributed by atoms with Gasteiger partial charge in [-0.25, -0.2) is 4.79 Å². The smallest absolute Gasteiger partial charge is 0.337 e. The van der Waals surface area contributed by atoms with E-state index in [1.807, 2.05) is 48.5 Å². The summed E-state index contributed by atoms with van der Waals surface area (Å²) >= 11 is 1.78. The van der Waals surface area contributed by atoms with Crippen LogP contribution < -0.4 is 0 Å². The van der Waals surface area contributed by atoms with Crippen LogP contribution in [0.4, 0.5) is 0 Å². The zero-order valence-electron chi connectivity index (χ0n) is 20.2. The summed E-state index contributed by atoms with van der Waals surface area (Å²) in [4.78, 5) is 12.6. The topological polar surface area (TPSA) is 72.5 Å². The average Bonchev–Trinajstić information content (AvgIpc) is 3.35. The summed E-state index contributed by atoms with van der Waals surface area (Å²) in [5, 5.41) is 0. The van der Waals surface area contributed by atoms with E-state index in [1.54, 1.807) is 11.8 Å². The van der Waals surface area contributed by atoms with Gasteiger partial charge in [0.15, 0.2) is 18.7 Å². The second kappa shape index (κ2) is 13.4. The van der Waals surface area contributed by atoms with Gasteiger partial charge in [0.05, 0.1) is 13.7 Å². The average molecular weight is 503 g/mol. The van der Waals surface area contributed by atoms with E-state index in [1.165, 1.54) is 12.7 Å². The summed E-state index contributed by atoms with van der Waals surface area (Å²) in [6, 6.07) is 19.9. The molecule has 0 aliphatic carbocycles. The number of benzene rings is 2. The fourth-order valence-corrected chi connectivity index (χ4v) is 4.95. The molecular formula is C27H34O7S. The van der Waals surface area contributed by atoms with Crippen molar-refractivity contribution < 1.29 is 33.2 Å². The molecule has 0 aromatic heterocycles. The van der Waals surface area contributed by atoms with Gasteiger partial charge in [-0.15, -0.1) is 0 Å². The predicted octanol–water partition coefficient (Wildman–Crippen LogP) is 4.50. The highest BCUT2D eigenvalue weighted by atomic mass is 32.2. The monoisotopic (exact) mass is 502 g/mol. The highest BCUT2D eigenvalue weighted by Gasteiger charge is 2.56. The molecule has 2 aromatic carbocycles. The van der Waals surface area contributed by atoms with Crippen molar-refractivity contribution in [2.24, 2.45) is 0 Å². The summed E-state index contributed by atoms with van der Waals surface area (Å²) in [7, 11) is 1.34. The second-order valence-corrected chi connectivity index (χ2v) is 9.60. The zero-order valence-corrected chi connectivity index (χ0v) is 21.1. The number of fused-ring (bicyclic) bond motifs is 1. The summed E-state index contributed by atoms with van der Waals surface area (Å²) < 4.78 is 35.9. The third-order valence-electron chi connectivity index (χ3n) is 5.99. The maximum atomic E-state index is 12.6. The van der Waals surface area contributed by atoms with Gasteiger partial charge < -0.3 is 28.4 Å². The number of hydrogen-bond donors (Lipinski definition) is 0. The lowest BCUT2D eigenvalue weighted by molar-refractivity contribution is -0.284. The molecule has 2 aromatic rings. The molecule has 190 valence electrons. The van der Waals surface area contributed by atoms with Crippen LogP contribution >= 0.6 is 11.8 Å². The van der Waals surface area contributed by atoms with E-state index in [2.05, 4.69) is 19.1 Å². The minimum absolute atomic E-state index is 0.448. The van der Waals surface area contributed by atoms with E-state index in [0.717, 1.165) is 29.9 Å². The molecule has 2 fully saturated rings. The summed E-state index contributed by atoms with van der Waals surface area (Å²) in [6.45, 7) is 3.10. The van der Waals surface area contributed by atoms with Gasteiger partial charge in [-0.3, -0.25) is 0 Å². The number of carbonyl (C=O) groups is 1. The zero-order chi connectivity index (χ0) is 24.5. The molecule has 4 rings (SSSR count). The Balaban J connectivity index is 1.43. The minimum atomic E-state index is -0.966. The van der Waals surface area contributed by atoms with E-state index in [4.69, 9.17) is 28.4 Å². The van der Waals surface area contributed by atoms with Crippen LogP contribution in [0.25, 0.3) is 0 Å². The van der Waals surface area contributed by atoms with Crippen LogP contribution in [0.3, 0.4) is 0 Å². The van der Waals surface area contributed by atoms with Crippen LogP contribution in [0, 0.1) is 0 Å². The van der Waals surface area contributed by atoms with Gasteiger partial charge in [-0.2, -0.15) is 11.8 Å². The summed E-state index contributed by atoms with van der Waals surface area (Å²) in [6.07, 6.45) is -2.18. The van der Waals surface area contributed by atoms with Gasteiger partial charge >= 0.3 is 5.97 Å². The van der Waals surface area contributed by atoms with E-state index in [0.29, 0.717) is 13.2 Å². The van der Waals surface area contributed by atoms with Gasteiger partial charge in [0, 0.05) is 23.7 Å². The quantitative estimate of drug-likeness (QED) is 0.310. The molecule has 0 radical (unpaired) electrons. The Kier molecular flexibility index (Phi) is 10.00. The number of carbonyl (C=O) groups excluding carboxylic acids is 1. The molecule has 2 saturated heterocycles. The molecule has 6 atom stereocenters. The molecular weight excluding hydrogens is 468 g/mol. The molecule has 0 amide bonds. The lowest BCUT2D eigenvalue weighted by Crippen LogP contribution is -2.60. The van der Waals surface area contributed by atoms with Crippen LogP contribution in [0.5, 0.6) is 0 Å². The largest absolute Gasteiger partial charge is 0.467 e. The van der Waals surface area contributed by atoms with Crippen LogP contribution in [0.15, 0.2) is 60.7 Å². The van der Waals surface area contributed by atoms with Crippen molar-refractivity contribution in [1.29, 1.82) is 0 Å². The lowest BCUT2D eigenvalue weighted by atomic mass is 9.98. The Bertz CT molecular complexity index is 897. The van der Waals surface area contributed by atoms with Gasteiger partial charge in [-0.05, 0) is 12.0 Å². The molecule has 2 unspecified atom stereocenters. The number of esters is 1. The molecule has 0 spiro atoms. The van der Waals surface area contributed by atoms with Gasteiger partial charge in [0.1, 0.15) is 18.3 Å². The highest BCUT2D eigenvalue weighted by molar-refractivity contribution is 7.98. The van der Waals surface area contributed by atoms with Crippen LogP contribution in [0.2, 0.25) is 0 Å². The number of hydrogen-bond acceptors (Lipinski definition) is 8. The third-order valence-corrected chi connectivity index (χ3v) is 6.98. The minimum Gasteiger partial charge on any atom is -0.467 e. The van der Waals surface area contributed by atoms with E-state index >= 15 is 0 Å². The number of methoxy groups -OCH3 is 1. The van der Waals surface area contributed by atoms with Crippen molar-refractivity contribution >= 4 is 17.7 Å². The molecule has 0 N–H and O–H groups in total. The molecule has 0 saturated carbocycles. The van der Waals surface area contributed by atoms with Crippen molar-refractivity contribution in [3.63, 3.8) is 0 Å². The van der Waals surface area contributed by atoms with Gasteiger partial charge in [0.25, 0.3) is 0 Å². The first-order valence-corrected chi connectivity index (χ1v) is 13.3. The van der Waals surface area contributed by atoms with Crippen LogP contribution in [-0.4, -0.2) is 62.8 Å². The van der Waals surface area contributed by atoms with Crippen molar-refractivity contribution in [2.45, 2.75) is 62.5 Å². The Hall–Kier alpha value is -1.94. The molecule has 35 heavy (non-hydrogen) atoms. The van der Waals surface area contributed by atoms with E-state index in [-0.39, 0.29) is 0 Å².